The Morgan fingerprint density at radius 2 is 1.85 bits per heavy atom. The van der Waals surface area contributed by atoms with Crippen molar-refractivity contribution in [3.8, 4) is 11.5 Å². The fraction of sp³-hybridized carbons (Fsp3) is 0.136. The van der Waals surface area contributed by atoms with Crippen LogP contribution in [0.5, 0.6) is 11.5 Å². The molecule has 0 radical (unpaired) electrons. The normalized spacial score (nSPS) is 11.0. The van der Waals surface area contributed by atoms with E-state index in [9.17, 15) is 0 Å². The number of benzene rings is 3. The molecule has 138 valence electrons. The molecule has 0 amide bonds. The van der Waals surface area contributed by atoms with Gasteiger partial charge in [-0.15, -0.1) is 0 Å². The zero-order valence-electron chi connectivity index (χ0n) is 15.1. The van der Waals surface area contributed by atoms with Gasteiger partial charge in [0, 0.05) is 11.2 Å². The van der Waals surface area contributed by atoms with Crippen molar-refractivity contribution in [3.63, 3.8) is 0 Å². The van der Waals surface area contributed by atoms with Crippen molar-refractivity contribution in [2.75, 3.05) is 7.11 Å². The Balaban J connectivity index is 1.80. The number of ether oxygens (including phenoxy) is 2. The molecule has 5 heteroatoms. The van der Waals surface area contributed by atoms with Crippen LogP contribution in [0.1, 0.15) is 16.7 Å². The first-order valence-corrected chi connectivity index (χ1v) is 9.87. The number of rotatable bonds is 6. The molecule has 0 atom stereocenters. The highest BCUT2D eigenvalue weighted by atomic mass is 127. The summed E-state index contributed by atoms with van der Waals surface area (Å²) in [4.78, 5) is 4.51. The summed E-state index contributed by atoms with van der Waals surface area (Å²) in [5, 5.41) is 0.710. The van der Waals surface area contributed by atoms with E-state index >= 15 is 0 Å². The summed E-state index contributed by atoms with van der Waals surface area (Å²) < 4.78 is 12.5. The summed E-state index contributed by atoms with van der Waals surface area (Å²) in [6.07, 6.45) is 1.80. The number of aliphatic imine (C=N–C) groups is 1. The standard InChI is InChI=1S/C22H19ClINO2/c1-15-8-9-18(12-19(15)23)25-13-17-10-20(24)22(21(11-17)26-2)27-14-16-6-4-3-5-7-16/h3-13H,14H2,1-2H3. The van der Waals surface area contributed by atoms with E-state index in [1.54, 1.807) is 13.3 Å². The van der Waals surface area contributed by atoms with Crippen LogP contribution >= 0.6 is 34.2 Å². The molecule has 0 aromatic heterocycles. The van der Waals surface area contributed by atoms with Gasteiger partial charge in [0.15, 0.2) is 11.5 Å². The van der Waals surface area contributed by atoms with Gasteiger partial charge in [-0.1, -0.05) is 48.0 Å². The van der Waals surface area contributed by atoms with Crippen LogP contribution in [-0.2, 0) is 6.61 Å². The maximum absolute atomic E-state index is 6.16. The molecule has 0 aliphatic carbocycles. The highest BCUT2D eigenvalue weighted by molar-refractivity contribution is 14.1. The largest absolute Gasteiger partial charge is 0.493 e. The quantitative estimate of drug-likeness (QED) is 0.288. The van der Waals surface area contributed by atoms with Crippen molar-refractivity contribution in [1.82, 2.24) is 0 Å². The van der Waals surface area contributed by atoms with Gasteiger partial charge < -0.3 is 9.47 Å². The summed E-state index contributed by atoms with van der Waals surface area (Å²) in [5.41, 5.74) is 3.88. The molecule has 3 aromatic carbocycles. The number of hydrogen-bond donors (Lipinski definition) is 0. The molecule has 0 bridgehead atoms. The van der Waals surface area contributed by atoms with Crippen LogP contribution < -0.4 is 9.47 Å². The first-order valence-electron chi connectivity index (χ1n) is 8.41. The number of halogens is 2. The van der Waals surface area contributed by atoms with Crippen LogP contribution in [0.15, 0.2) is 65.7 Å². The van der Waals surface area contributed by atoms with Crippen LogP contribution in [0.3, 0.4) is 0 Å². The Bertz CT molecular complexity index is 958. The molecule has 0 aliphatic rings. The first-order chi connectivity index (χ1) is 13.1. The Morgan fingerprint density at radius 3 is 2.56 bits per heavy atom. The Labute approximate surface area is 178 Å². The second-order valence-corrected chi connectivity index (χ2v) is 7.57. The summed E-state index contributed by atoms with van der Waals surface area (Å²) >= 11 is 8.42. The van der Waals surface area contributed by atoms with Crippen molar-refractivity contribution in [2.45, 2.75) is 13.5 Å². The third-order valence-electron chi connectivity index (χ3n) is 4.00. The monoisotopic (exact) mass is 491 g/mol. The predicted octanol–water partition coefficient (Wildman–Crippen LogP) is 6.59. The van der Waals surface area contributed by atoms with Crippen molar-refractivity contribution in [3.05, 3.63) is 85.9 Å². The fourth-order valence-electron chi connectivity index (χ4n) is 2.50. The zero-order chi connectivity index (χ0) is 19.2. The van der Waals surface area contributed by atoms with Gasteiger partial charge in [-0.05, 0) is 70.5 Å². The molecular formula is C22H19ClINO2. The van der Waals surface area contributed by atoms with Crippen LogP contribution in [0.4, 0.5) is 5.69 Å². The maximum atomic E-state index is 6.16. The lowest BCUT2D eigenvalue weighted by atomic mass is 10.2. The lowest BCUT2D eigenvalue weighted by molar-refractivity contribution is 0.282. The van der Waals surface area contributed by atoms with Crippen molar-refractivity contribution in [2.24, 2.45) is 4.99 Å². The molecule has 0 saturated carbocycles. The third kappa shape index (κ3) is 5.23. The topological polar surface area (TPSA) is 30.8 Å². The van der Waals surface area contributed by atoms with Gasteiger partial charge in [0.1, 0.15) is 6.61 Å². The average molecular weight is 492 g/mol. The van der Waals surface area contributed by atoms with E-state index in [0.29, 0.717) is 17.4 Å². The lowest BCUT2D eigenvalue weighted by Gasteiger charge is -2.13. The summed E-state index contributed by atoms with van der Waals surface area (Å²) in [5.74, 6) is 1.42. The molecule has 0 spiro atoms. The minimum absolute atomic E-state index is 0.489. The summed E-state index contributed by atoms with van der Waals surface area (Å²) in [6.45, 7) is 2.46. The van der Waals surface area contributed by atoms with Gasteiger partial charge in [-0.25, -0.2) is 0 Å². The molecule has 0 fully saturated rings. The van der Waals surface area contributed by atoms with Crippen LogP contribution in [-0.4, -0.2) is 13.3 Å². The minimum Gasteiger partial charge on any atom is -0.493 e. The van der Waals surface area contributed by atoms with E-state index in [1.165, 1.54) is 0 Å². The van der Waals surface area contributed by atoms with E-state index < -0.39 is 0 Å². The molecule has 27 heavy (non-hydrogen) atoms. The Kier molecular flexibility index (Phi) is 6.74. The SMILES string of the molecule is COc1cc(C=Nc2ccc(C)c(Cl)c2)cc(I)c1OCc1ccccc1. The van der Waals surface area contributed by atoms with Crippen LogP contribution in [0.2, 0.25) is 5.02 Å². The highest BCUT2D eigenvalue weighted by Crippen LogP contribution is 2.34. The van der Waals surface area contributed by atoms with Crippen LogP contribution in [0.25, 0.3) is 0 Å². The number of aryl methyl sites for hydroxylation is 1. The first kappa shape index (κ1) is 19.7. The van der Waals surface area contributed by atoms with Crippen LogP contribution in [0, 0.1) is 10.5 Å². The van der Waals surface area contributed by atoms with E-state index in [0.717, 1.165) is 31.7 Å². The van der Waals surface area contributed by atoms with Gasteiger partial charge in [0.2, 0.25) is 0 Å². The maximum Gasteiger partial charge on any atom is 0.174 e. The summed E-state index contributed by atoms with van der Waals surface area (Å²) in [7, 11) is 1.64. The fourth-order valence-corrected chi connectivity index (χ4v) is 3.45. The van der Waals surface area contributed by atoms with Crippen molar-refractivity contribution in [1.29, 1.82) is 0 Å². The van der Waals surface area contributed by atoms with Gasteiger partial charge in [0.05, 0.1) is 16.4 Å². The second-order valence-electron chi connectivity index (χ2n) is 6.00. The Morgan fingerprint density at radius 1 is 1.07 bits per heavy atom. The average Bonchev–Trinajstić information content (AvgIpc) is 2.68. The van der Waals surface area contributed by atoms with E-state index in [4.69, 9.17) is 21.1 Å². The molecule has 0 aliphatic heterocycles. The zero-order valence-corrected chi connectivity index (χ0v) is 18.0. The minimum atomic E-state index is 0.489. The third-order valence-corrected chi connectivity index (χ3v) is 5.20. The molecule has 3 aromatic rings. The molecule has 0 saturated heterocycles. The molecule has 0 heterocycles. The highest BCUT2D eigenvalue weighted by Gasteiger charge is 2.11. The smallest absolute Gasteiger partial charge is 0.174 e. The molecule has 3 nitrogen and oxygen atoms in total. The predicted molar refractivity (Wildman–Crippen MR) is 120 cm³/mol. The number of methoxy groups -OCH3 is 1. The van der Waals surface area contributed by atoms with Crippen molar-refractivity contribution < 1.29 is 9.47 Å². The molecule has 3 rings (SSSR count). The van der Waals surface area contributed by atoms with Gasteiger partial charge in [-0.2, -0.15) is 0 Å². The van der Waals surface area contributed by atoms with E-state index in [2.05, 4.69) is 27.6 Å². The van der Waals surface area contributed by atoms with Gasteiger partial charge in [-0.3, -0.25) is 4.99 Å². The van der Waals surface area contributed by atoms with Gasteiger partial charge in [0.25, 0.3) is 0 Å². The van der Waals surface area contributed by atoms with E-state index in [-0.39, 0.29) is 0 Å². The second kappa shape index (κ2) is 9.24. The molecule has 0 unspecified atom stereocenters. The van der Waals surface area contributed by atoms with E-state index in [1.807, 2.05) is 67.6 Å². The number of nitrogens with zero attached hydrogens (tertiary/aromatic N) is 1. The van der Waals surface area contributed by atoms with Crippen molar-refractivity contribution >= 4 is 46.1 Å². The lowest BCUT2D eigenvalue weighted by Crippen LogP contribution is -2.00. The number of hydrogen-bond acceptors (Lipinski definition) is 3. The molecule has 0 N–H and O–H groups in total. The Hall–Kier alpha value is -2.05. The summed E-state index contributed by atoms with van der Waals surface area (Å²) in [6, 6.07) is 19.7. The molecular weight excluding hydrogens is 473 g/mol. The van der Waals surface area contributed by atoms with Gasteiger partial charge >= 0.3 is 0 Å².